The van der Waals surface area contributed by atoms with Gasteiger partial charge in [-0.1, -0.05) is 37.6 Å². The normalized spacial score (nSPS) is 17.2. The Bertz CT molecular complexity index is 569. The van der Waals surface area contributed by atoms with Crippen LogP contribution in [0.15, 0.2) is 24.3 Å². The van der Waals surface area contributed by atoms with Crippen LogP contribution < -0.4 is 11.1 Å². The maximum Gasteiger partial charge on any atom is 0.253 e. The van der Waals surface area contributed by atoms with E-state index >= 15 is 0 Å². The second kappa shape index (κ2) is 7.79. The molecule has 0 bridgehead atoms. The molecule has 1 aliphatic rings. The minimum absolute atomic E-state index is 0.00969. The van der Waals surface area contributed by atoms with E-state index in [4.69, 9.17) is 17.3 Å². The first-order valence-corrected chi connectivity index (χ1v) is 8.37. The van der Waals surface area contributed by atoms with Gasteiger partial charge < -0.3 is 16.0 Å². The summed E-state index contributed by atoms with van der Waals surface area (Å²) >= 11 is 6.06. The maximum absolute atomic E-state index is 12.7. The van der Waals surface area contributed by atoms with Gasteiger partial charge in [0, 0.05) is 19.1 Å². The fourth-order valence-corrected chi connectivity index (χ4v) is 2.92. The van der Waals surface area contributed by atoms with E-state index in [1.54, 1.807) is 29.2 Å². The molecule has 2 amide bonds. The molecular weight excluding hydrogens is 314 g/mol. The Morgan fingerprint density at radius 3 is 2.43 bits per heavy atom. The first kappa shape index (κ1) is 17.8. The molecule has 126 valence electrons. The van der Waals surface area contributed by atoms with Gasteiger partial charge in [-0.15, -0.1) is 0 Å². The Balaban J connectivity index is 2.08. The van der Waals surface area contributed by atoms with Gasteiger partial charge >= 0.3 is 0 Å². The van der Waals surface area contributed by atoms with E-state index in [1.165, 1.54) is 0 Å². The summed E-state index contributed by atoms with van der Waals surface area (Å²) in [5, 5.41) is 3.21. The van der Waals surface area contributed by atoms with Gasteiger partial charge in [0.05, 0.1) is 10.6 Å². The van der Waals surface area contributed by atoms with Crippen molar-refractivity contribution in [1.29, 1.82) is 0 Å². The van der Waals surface area contributed by atoms with Crippen LogP contribution in [0.4, 0.5) is 0 Å². The first-order chi connectivity index (χ1) is 10.9. The monoisotopic (exact) mass is 337 g/mol. The number of halogens is 1. The van der Waals surface area contributed by atoms with E-state index in [0.29, 0.717) is 23.7 Å². The molecule has 0 spiro atoms. The van der Waals surface area contributed by atoms with Crippen LogP contribution >= 0.6 is 11.6 Å². The topological polar surface area (TPSA) is 75.4 Å². The van der Waals surface area contributed by atoms with E-state index in [1.807, 2.05) is 13.8 Å². The number of nitrogens with zero attached hydrogens (tertiary/aromatic N) is 1. The number of carbonyl (C=O) groups is 2. The van der Waals surface area contributed by atoms with E-state index < -0.39 is 6.04 Å². The molecule has 0 saturated carbocycles. The van der Waals surface area contributed by atoms with Crippen LogP contribution in [0.25, 0.3) is 0 Å². The average molecular weight is 338 g/mol. The van der Waals surface area contributed by atoms with Crippen LogP contribution in [0.1, 0.15) is 37.0 Å². The molecule has 0 aliphatic carbocycles. The molecule has 1 fully saturated rings. The van der Waals surface area contributed by atoms with Crippen LogP contribution in [0, 0.1) is 5.92 Å². The largest absolute Gasteiger partial charge is 0.341 e. The van der Waals surface area contributed by atoms with Gasteiger partial charge in [-0.2, -0.15) is 0 Å². The smallest absolute Gasteiger partial charge is 0.253 e. The molecule has 2 rings (SSSR count). The standard InChI is InChI=1S/C17H24ClN3O2/c1-11(2)15(17(23)21-9-7-12(19)8-10-21)20-16(22)13-5-3-4-6-14(13)18/h3-6,11-12,15H,7-10,19H2,1-2H3,(H,20,22). The molecule has 1 atom stereocenters. The summed E-state index contributed by atoms with van der Waals surface area (Å²) in [6, 6.07) is 6.43. The van der Waals surface area contributed by atoms with Crippen molar-refractivity contribution in [2.75, 3.05) is 13.1 Å². The van der Waals surface area contributed by atoms with E-state index in [-0.39, 0.29) is 23.8 Å². The van der Waals surface area contributed by atoms with Crippen molar-refractivity contribution in [3.05, 3.63) is 34.9 Å². The van der Waals surface area contributed by atoms with Crippen molar-refractivity contribution >= 4 is 23.4 Å². The van der Waals surface area contributed by atoms with Gasteiger partial charge in [-0.25, -0.2) is 0 Å². The van der Waals surface area contributed by atoms with Crippen molar-refractivity contribution in [3.63, 3.8) is 0 Å². The molecule has 6 heteroatoms. The fraction of sp³-hybridized carbons (Fsp3) is 0.529. The molecule has 1 heterocycles. The molecule has 1 aromatic carbocycles. The molecule has 1 aliphatic heterocycles. The van der Waals surface area contributed by atoms with Crippen molar-refractivity contribution in [2.24, 2.45) is 11.7 Å². The third-order valence-corrected chi connectivity index (χ3v) is 4.52. The van der Waals surface area contributed by atoms with Crippen molar-refractivity contribution < 1.29 is 9.59 Å². The summed E-state index contributed by atoms with van der Waals surface area (Å²) in [5.74, 6) is -0.381. The highest BCUT2D eigenvalue weighted by atomic mass is 35.5. The molecule has 5 nitrogen and oxygen atoms in total. The lowest BCUT2D eigenvalue weighted by atomic mass is 9.99. The third-order valence-electron chi connectivity index (χ3n) is 4.19. The summed E-state index contributed by atoms with van der Waals surface area (Å²) in [6.07, 6.45) is 1.60. The third kappa shape index (κ3) is 4.45. The molecule has 23 heavy (non-hydrogen) atoms. The van der Waals surface area contributed by atoms with Crippen LogP contribution in [0.2, 0.25) is 5.02 Å². The van der Waals surface area contributed by atoms with E-state index in [9.17, 15) is 9.59 Å². The van der Waals surface area contributed by atoms with Crippen LogP contribution in [0.5, 0.6) is 0 Å². The number of likely N-dealkylation sites (tertiary alicyclic amines) is 1. The Morgan fingerprint density at radius 1 is 1.26 bits per heavy atom. The van der Waals surface area contributed by atoms with E-state index in [0.717, 1.165) is 12.8 Å². The van der Waals surface area contributed by atoms with Crippen molar-refractivity contribution in [1.82, 2.24) is 10.2 Å². The Hall–Kier alpha value is -1.59. The first-order valence-electron chi connectivity index (χ1n) is 8.00. The molecular formula is C17H24ClN3O2. The molecule has 1 saturated heterocycles. The average Bonchev–Trinajstić information content (AvgIpc) is 2.52. The maximum atomic E-state index is 12.7. The zero-order valence-corrected chi connectivity index (χ0v) is 14.3. The predicted octanol–water partition coefficient (Wildman–Crippen LogP) is 2.04. The minimum atomic E-state index is -0.562. The van der Waals surface area contributed by atoms with Crippen LogP contribution in [-0.2, 0) is 4.79 Å². The van der Waals surface area contributed by atoms with Gasteiger partial charge in [-0.05, 0) is 30.9 Å². The van der Waals surface area contributed by atoms with Gasteiger partial charge in [-0.3, -0.25) is 9.59 Å². The minimum Gasteiger partial charge on any atom is -0.341 e. The number of amides is 2. The molecule has 0 aromatic heterocycles. The van der Waals surface area contributed by atoms with Gasteiger partial charge in [0.1, 0.15) is 6.04 Å². The Morgan fingerprint density at radius 2 is 1.87 bits per heavy atom. The molecule has 1 aromatic rings. The number of benzene rings is 1. The zero-order valence-electron chi connectivity index (χ0n) is 13.6. The summed E-state index contributed by atoms with van der Waals surface area (Å²) in [7, 11) is 0. The molecule has 1 unspecified atom stereocenters. The van der Waals surface area contributed by atoms with E-state index in [2.05, 4.69) is 5.32 Å². The quantitative estimate of drug-likeness (QED) is 0.882. The lowest BCUT2D eigenvalue weighted by Crippen LogP contribution is -2.54. The fourth-order valence-electron chi connectivity index (χ4n) is 2.69. The lowest BCUT2D eigenvalue weighted by molar-refractivity contribution is -0.135. The Kier molecular flexibility index (Phi) is 6.02. The van der Waals surface area contributed by atoms with Crippen LogP contribution in [0.3, 0.4) is 0 Å². The zero-order chi connectivity index (χ0) is 17.0. The van der Waals surface area contributed by atoms with Gasteiger partial charge in [0.15, 0.2) is 0 Å². The second-order valence-corrected chi connectivity index (χ2v) is 6.74. The summed E-state index contributed by atoms with van der Waals surface area (Å²) < 4.78 is 0. The molecule has 0 radical (unpaired) electrons. The number of hydrogen-bond donors (Lipinski definition) is 2. The number of hydrogen-bond acceptors (Lipinski definition) is 3. The number of rotatable bonds is 4. The highest BCUT2D eigenvalue weighted by Gasteiger charge is 2.31. The highest BCUT2D eigenvalue weighted by Crippen LogP contribution is 2.17. The highest BCUT2D eigenvalue weighted by molar-refractivity contribution is 6.33. The van der Waals surface area contributed by atoms with Gasteiger partial charge in [0.25, 0.3) is 5.91 Å². The number of nitrogens with one attached hydrogen (secondary N) is 1. The summed E-state index contributed by atoms with van der Waals surface area (Å²) in [5.41, 5.74) is 6.27. The SMILES string of the molecule is CC(C)C(NC(=O)c1ccccc1Cl)C(=O)N1CCC(N)CC1. The Labute approximate surface area is 142 Å². The van der Waals surface area contributed by atoms with Crippen LogP contribution in [-0.4, -0.2) is 41.9 Å². The number of carbonyl (C=O) groups excluding carboxylic acids is 2. The number of piperidine rings is 1. The van der Waals surface area contributed by atoms with Crippen molar-refractivity contribution in [2.45, 2.75) is 38.8 Å². The second-order valence-electron chi connectivity index (χ2n) is 6.34. The lowest BCUT2D eigenvalue weighted by Gasteiger charge is -2.34. The predicted molar refractivity (Wildman–Crippen MR) is 91.3 cm³/mol. The molecule has 3 N–H and O–H groups in total. The van der Waals surface area contributed by atoms with Crippen molar-refractivity contribution in [3.8, 4) is 0 Å². The number of nitrogens with two attached hydrogens (primary N) is 1. The summed E-state index contributed by atoms with van der Waals surface area (Å²) in [6.45, 7) is 5.13. The van der Waals surface area contributed by atoms with Gasteiger partial charge in [0.2, 0.25) is 5.91 Å². The summed E-state index contributed by atoms with van der Waals surface area (Å²) in [4.78, 5) is 27.0.